The minimum atomic E-state index is -3.03. The summed E-state index contributed by atoms with van der Waals surface area (Å²) in [6, 6.07) is 9.15. The number of aryl methyl sites for hydroxylation is 1. The van der Waals surface area contributed by atoms with Crippen LogP contribution in [-0.2, 0) is 14.6 Å². The van der Waals surface area contributed by atoms with Gasteiger partial charge in [-0.05, 0) is 37.0 Å². The fraction of sp³-hybridized carbons (Fsp3) is 0.474. The molecule has 1 aromatic heterocycles. The lowest BCUT2D eigenvalue weighted by molar-refractivity contribution is -0.118. The first-order valence-corrected chi connectivity index (χ1v) is 10.8. The maximum atomic E-state index is 12.3. The van der Waals surface area contributed by atoms with Crippen molar-refractivity contribution >= 4 is 21.6 Å². The number of anilines is 1. The van der Waals surface area contributed by atoms with E-state index in [0.29, 0.717) is 23.9 Å². The van der Waals surface area contributed by atoms with Crippen LogP contribution in [0.25, 0.3) is 0 Å². The summed E-state index contributed by atoms with van der Waals surface area (Å²) < 4.78 is 30.6. The lowest BCUT2D eigenvalue weighted by atomic mass is 10.0. The number of amides is 1. The Balaban J connectivity index is 1.61. The Bertz CT molecular complexity index is 917. The van der Waals surface area contributed by atoms with Crippen LogP contribution in [0.2, 0.25) is 0 Å². The van der Waals surface area contributed by atoms with Crippen LogP contribution in [0, 0.1) is 6.92 Å². The van der Waals surface area contributed by atoms with Crippen LogP contribution in [0.4, 0.5) is 5.82 Å². The van der Waals surface area contributed by atoms with E-state index < -0.39 is 9.84 Å². The third kappa shape index (κ3) is 4.88. The van der Waals surface area contributed by atoms with Crippen LogP contribution < -0.4 is 10.1 Å². The Morgan fingerprint density at radius 3 is 2.63 bits per heavy atom. The summed E-state index contributed by atoms with van der Waals surface area (Å²) in [6.07, 6.45) is 0.505. The standard InChI is InChI=1S/C19H25N3O4S/c1-13(2)15-4-6-17(7-5-15)26-11-19(23)20-18-10-14(3)21-22(18)16-8-9-27(24,25)12-16/h4-7,10,13,16H,8-9,11-12H2,1-3H3,(H,20,23)/t16-/m0/s1. The molecule has 0 aliphatic carbocycles. The van der Waals surface area contributed by atoms with Crippen LogP contribution in [0.5, 0.6) is 5.75 Å². The third-order valence-electron chi connectivity index (χ3n) is 4.60. The van der Waals surface area contributed by atoms with Gasteiger partial charge in [-0.25, -0.2) is 13.1 Å². The molecule has 2 heterocycles. The van der Waals surface area contributed by atoms with Crippen molar-refractivity contribution in [2.75, 3.05) is 23.4 Å². The van der Waals surface area contributed by atoms with Gasteiger partial charge in [0.1, 0.15) is 11.6 Å². The number of nitrogens with zero attached hydrogens (tertiary/aromatic N) is 2. The van der Waals surface area contributed by atoms with E-state index in [1.165, 1.54) is 5.56 Å². The first-order valence-electron chi connectivity index (χ1n) is 9.03. The summed E-state index contributed by atoms with van der Waals surface area (Å²) in [5, 5.41) is 7.13. The summed E-state index contributed by atoms with van der Waals surface area (Å²) in [5.41, 5.74) is 1.93. The third-order valence-corrected chi connectivity index (χ3v) is 6.35. The zero-order valence-electron chi connectivity index (χ0n) is 15.8. The van der Waals surface area contributed by atoms with Gasteiger partial charge in [-0.15, -0.1) is 0 Å². The van der Waals surface area contributed by atoms with Gasteiger partial charge in [0.25, 0.3) is 5.91 Å². The minimum absolute atomic E-state index is 0.0513. The van der Waals surface area contributed by atoms with Gasteiger partial charge in [-0.3, -0.25) is 4.79 Å². The van der Waals surface area contributed by atoms with E-state index in [1.807, 2.05) is 31.2 Å². The largest absolute Gasteiger partial charge is 0.484 e. The molecule has 146 valence electrons. The number of hydrogen-bond donors (Lipinski definition) is 1. The highest BCUT2D eigenvalue weighted by Gasteiger charge is 2.31. The molecule has 27 heavy (non-hydrogen) atoms. The minimum Gasteiger partial charge on any atom is -0.484 e. The quantitative estimate of drug-likeness (QED) is 0.818. The summed E-state index contributed by atoms with van der Waals surface area (Å²) in [5.74, 6) is 1.45. The van der Waals surface area contributed by atoms with Gasteiger partial charge in [-0.1, -0.05) is 26.0 Å². The molecule has 1 aliphatic rings. The van der Waals surface area contributed by atoms with Gasteiger partial charge in [0.15, 0.2) is 16.4 Å². The van der Waals surface area contributed by atoms with E-state index in [-0.39, 0.29) is 30.1 Å². The molecule has 1 N–H and O–H groups in total. The monoisotopic (exact) mass is 391 g/mol. The Hall–Kier alpha value is -2.35. The highest BCUT2D eigenvalue weighted by Crippen LogP contribution is 2.27. The molecule has 0 saturated carbocycles. The molecule has 1 aliphatic heterocycles. The van der Waals surface area contributed by atoms with Crippen LogP contribution >= 0.6 is 0 Å². The van der Waals surface area contributed by atoms with Gasteiger partial charge in [0, 0.05) is 6.07 Å². The second-order valence-electron chi connectivity index (χ2n) is 7.23. The van der Waals surface area contributed by atoms with Crippen LogP contribution in [0.1, 0.15) is 43.5 Å². The Morgan fingerprint density at radius 1 is 1.33 bits per heavy atom. The number of benzene rings is 1. The van der Waals surface area contributed by atoms with Gasteiger partial charge in [0.05, 0.1) is 23.2 Å². The molecule has 0 radical (unpaired) electrons. The van der Waals surface area contributed by atoms with Gasteiger partial charge in [-0.2, -0.15) is 5.10 Å². The average Bonchev–Trinajstić information content (AvgIpc) is 3.15. The predicted molar refractivity (Wildman–Crippen MR) is 104 cm³/mol. The zero-order chi connectivity index (χ0) is 19.6. The van der Waals surface area contributed by atoms with Crippen LogP contribution in [0.3, 0.4) is 0 Å². The predicted octanol–water partition coefficient (Wildman–Crippen LogP) is 2.69. The smallest absolute Gasteiger partial charge is 0.263 e. The van der Waals surface area contributed by atoms with Crippen molar-refractivity contribution in [1.82, 2.24) is 9.78 Å². The van der Waals surface area contributed by atoms with Crippen LogP contribution in [-0.4, -0.2) is 42.2 Å². The summed E-state index contributed by atoms with van der Waals surface area (Å²) in [4.78, 5) is 12.3. The number of sulfone groups is 1. The first kappa shape index (κ1) is 19.4. The van der Waals surface area contributed by atoms with Crippen molar-refractivity contribution < 1.29 is 17.9 Å². The molecule has 1 aromatic carbocycles. The van der Waals surface area contributed by atoms with Crippen molar-refractivity contribution in [3.05, 3.63) is 41.6 Å². The number of rotatable bonds is 6. The van der Waals surface area contributed by atoms with Crippen molar-refractivity contribution in [2.24, 2.45) is 0 Å². The fourth-order valence-corrected chi connectivity index (χ4v) is 4.83. The number of carbonyl (C=O) groups is 1. The van der Waals surface area contributed by atoms with Gasteiger partial charge in [0.2, 0.25) is 0 Å². The van der Waals surface area contributed by atoms with E-state index in [2.05, 4.69) is 24.3 Å². The van der Waals surface area contributed by atoms with E-state index in [9.17, 15) is 13.2 Å². The lowest BCUT2D eigenvalue weighted by Crippen LogP contribution is -2.23. The Kier molecular flexibility index (Phi) is 5.55. The highest BCUT2D eigenvalue weighted by molar-refractivity contribution is 7.91. The zero-order valence-corrected chi connectivity index (χ0v) is 16.6. The Labute approximate surface area is 159 Å². The number of aromatic nitrogens is 2. The molecule has 2 aromatic rings. The van der Waals surface area contributed by atoms with E-state index in [1.54, 1.807) is 10.7 Å². The molecular weight excluding hydrogens is 366 g/mol. The number of carbonyl (C=O) groups excluding carboxylic acids is 1. The SMILES string of the molecule is Cc1cc(NC(=O)COc2ccc(C(C)C)cc2)n([C@H]2CCS(=O)(=O)C2)n1. The fourth-order valence-electron chi connectivity index (χ4n) is 3.13. The van der Waals surface area contributed by atoms with E-state index in [4.69, 9.17) is 4.74 Å². The first-order chi connectivity index (χ1) is 12.7. The molecule has 8 heteroatoms. The summed E-state index contributed by atoms with van der Waals surface area (Å²) >= 11 is 0. The van der Waals surface area contributed by atoms with Gasteiger partial charge >= 0.3 is 0 Å². The molecule has 3 rings (SSSR count). The van der Waals surface area contributed by atoms with Crippen molar-refractivity contribution in [3.63, 3.8) is 0 Å². The summed E-state index contributed by atoms with van der Waals surface area (Å²) in [7, 11) is -3.03. The number of hydrogen-bond acceptors (Lipinski definition) is 5. The molecule has 0 bridgehead atoms. The van der Waals surface area contributed by atoms with Crippen molar-refractivity contribution in [2.45, 2.75) is 39.2 Å². The maximum absolute atomic E-state index is 12.3. The molecule has 0 unspecified atom stereocenters. The normalized spacial score (nSPS) is 18.6. The van der Waals surface area contributed by atoms with Crippen molar-refractivity contribution in [1.29, 1.82) is 0 Å². The number of nitrogens with one attached hydrogen (secondary N) is 1. The van der Waals surface area contributed by atoms with E-state index in [0.717, 1.165) is 5.69 Å². The van der Waals surface area contributed by atoms with Crippen molar-refractivity contribution in [3.8, 4) is 5.75 Å². The lowest BCUT2D eigenvalue weighted by Gasteiger charge is -2.14. The summed E-state index contributed by atoms with van der Waals surface area (Å²) in [6.45, 7) is 5.91. The molecule has 7 nitrogen and oxygen atoms in total. The molecule has 1 atom stereocenters. The molecule has 1 saturated heterocycles. The maximum Gasteiger partial charge on any atom is 0.263 e. The Morgan fingerprint density at radius 2 is 2.04 bits per heavy atom. The van der Waals surface area contributed by atoms with E-state index >= 15 is 0 Å². The number of ether oxygens (including phenoxy) is 1. The topological polar surface area (TPSA) is 90.3 Å². The molecule has 1 fully saturated rings. The van der Waals surface area contributed by atoms with Gasteiger partial charge < -0.3 is 10.1 Å². The average molecular weight is 391 g/mol. The second-order valence-corrected chi connectivity index (χ2v) is 9.46. The molecular formula is C19H25N3O4S. The molecule has 0 spiro atoms. The van der Waals surface area contributed by atoms with Crippen LogP contribution in [0.15, 0.2) is 30.3 Å². The molecule has 1 amide bonds. The highest BCUT2D eigenvalue weighted by atomic mass is 32.2. The second kappa shape index (κ2) is 7.72.